The van der Waals surface area contributed by atoms with Crippen molar-refractivity contribution in [1.29, 1.82) is 0 Å². The Morgan fingerprint density at radius 1 is 1.35 bits per heavy atom. The van der Waals surface area contributed by atoms with E-state index in [0.717, 1.165) is 19.5 Å². The van der Waals surface area contributed by atoms with Gasteiger partial charge in [-0.05, 0) is 38.5 Å². The predicted octanol–water partition coefficient (Wildman–Crippen LogP) is 0.445. The zero-order chi connectivity index (χ0) is 16.3. The summed E-state index contributed by atoms with van der Waals surface area (Å²) in [5.41, 5.74) is 0. The summed E-state index contributed by atoms with van der Waals surface area (Å²) in [6, 6.07) is 0. The monoisotopic (exact) mass is 322 g/mol. The molecule has 2 saturated carbocycles. The van der Waals surface area contributed by atoms with Gasteiger partial charge in [-0.3, -0.25) is 9.59 Å². The molecule has 6 heteroatoms. The van der Waals surface area contributed by atoms with E-state index in [9.17, 15) is 14.7 Å². The van der Waals surface area contributed by atoms with E-state index >= 15 is 0 Å². The van der Waals surface area contributed by atoms with Crippen molar-refractivity contribution in [3.8, 4) is 0 Å². The van der Waals surface area contributed by atoms with Crippen LogP contribution in [0.3, 0.4) is 0 Å². The van der Waals surface area contributed by atoms with Crippen molar-refractivity contribution in [3.05, 3.63) is 0 Å². The largest absolute Gasteiger partial charge is 0.390 e. The Kier molecular flexibility index (Phi) is 3.65. The van der Waals surface area contributed by atoms with Gasteiger partial charge in [0.05, 0.1) is 18.1 Å². The van der Waals surface area contributed by atoms with Crippen LogP contribution in [0.25, 0.3) is 0 Å². The van der Waals surface area contributed by atoms with E-state index in [2.05, 4.69) is 0 Å². The second-order valence-corrected chi connectivity index (χ2v) is 7.35. The molecular formula is C17H26N2O4. The third-order valence-corrected chi connectivity index (χ3v) is 6.52. The highest BCUT2D eigenvalue weighted by Gasteiger charge is 2.72. The summed E-state index contributed by atoms with van der Waals surface area (Å²) in [7, 11) is 0. The number of likely N-dealkylation sites (tertiary alicyclic amines) is 1. The third-order valence-electron chi connectivity index (χ3n) is 6.52. The molecule has 7 unspecified atom stereocenters. The smallest absolute Gasteiger partial charge is 0.228 e. The van der Waals surface area contributed by atoms with Gasteiger partial charge < -0.3 is 19.6 Å². The third kappa shape index (κ3) is 2.00. The Balaban J connectivity index is 1.37. The Morgan fingerprint density at radius 2 is 2.09 bits per heavy atom. The van der Waals surface area contributed by atoms with Crippen LogP contribution in [0.2, 0.25) is 0 Å². The van der Waals surface area contributed by atoms with E-state index in [4.69, 9.17) is 4.74 Å². The van der Waals surface area contributed by atoms with E-state index in [1.807, 2.05) is 23.6 Å². The minimum atomic E-state index is -0.457. The fourth-order valence-electron chi connectivity index (χ4n) is 5.51. The normalized spacial score (nSPS) is 42.8. The van der Waals surface area contributed by atoms with E-state index < -0.39 is 6.10 Å². The lowest BCUT2D eigenvalue weighted by Crippen LogP contribution is -2.44. The molecule has 6 nitrogen and oxygen atoms in total. The highest BCUT2D eigenvalue weighted by atomic mass is 16.5. The molecule has 1 N–H and O–H groups in total. The molecule has 23 heavy (non-hydrogen) atoms. The summed E-state index contributed by atoms with van der Waals surface area (Å²) in [6.45, 7) is 6.02. The SMILES string of the molecule is CCN(CC)C(=O)CCCN1C(=O)C2C3CC4C(OC1C42)C3O. The standard InChI is InChI=1S/C17H26N2O4/c1-3-18(4-2)11(20)6-5-7-19-16(22)12-9-8-10-13(12)17(19)23-15(10)14(9)21/h9-10,12-15,17,21H,3-8H2,1-2H3. The van der Waals surface area contributed by atoms with Gasteiger partial charge >= 0.3 is 0 Å². The summed E-state index contributed by atoms with van der Waals surface area (Å²) in [5, 5.41) is 10.3. The average Bonchev–Trinajstić information content (AvgIpc) is 3.20. The number of aliphatic hydroxyl groups excluding tert-OH is 1. The number of aliphatic hydroxyl groups is 1. The van der Waals surface area contributed by atoms with Gasteiger partial charge in [0, 0.05) is 32.0 Å². The van der Waals surface area contributed by atoms with Crippen LogP contribution in [-0.2, 0) is 14.3 Å². The van der Waals surface area contributed by atoms with Crippen LogP contribution in [0.1, 0.15) is 33.1 Å². The highest BCUT2D eigenvalue weighted by molar-refractivity contribution is 5.83. The van der Waals surface area contributed by atoms with Crippen LogP contribution in [0.15, 0.2) is 0 Å². The van der Waals surface area contributed by atoms with Crippen LogP contribution in [0.5, 0.6) is 0 Å². The molecule has 0 aromatic rings. The summed E-state index contributed by atoms with van der Waals surface area (Å²) in [5.74, 6) is 0.980. The minimum absolute atomic E-state index is 0.0442. The molecule has 2 aliphatic heterocycles. The molecule has 4 fully saturated rings. The predicted molar refractivity (Wildman–Crippen MR) is 82.1 cm³/mol. The summed E-state index contributed by atoms with van der Waals surface area (Å²) in [6.07, 6.45) is 1.42. The number of amides is 2. The van der Waals surface area contributed by atoms with E-state index in [1.54, 1.807) is 0 Å². The number of fused-ring (bicyclic) bond motifs is 2. The molecule has 0 radical (unpaired) electrons. The number of rotatable bonds is 6. The fraction of sp³-hybridized carbons (Fsp3) is 0.882. The second kappa shape index (κ2) is 5.45. The van der Waals surface area contributed by atoms with Gasteiger partial charge in [-0.25, -0.2) is 0 Å². The first-order valence-corrected chi connectivity index (χ1v) is 9.00. The van der Waals surface area contributed by atoms with Crippen molar-refractivity contribution in [2.45, 2.75) is 51.5 Å². The molecular weight excluding hydrogens is 296 g/mol. The first-order chi connectivity index (χ1) is 11.1. The van der Waals surface area contributed by atoms with Crippen LogP contribution in [0, 0.1) is 23.7 Å². The van der Waals surface area contributed by atoms with Crippen molar-refractivity contribution in [2.24, 2.45) is 23.7 Å². The molecule has 7 atom stereocenters. The van der Waals surface area contributed by atoms with Crippen molar-refractivity contribution in [3.63, 3.8) is 0 Å². The minimum Gasteiger partial charge on any atom is -0.390 e. The number of hydrogen-bond acceptors (Lipinski definition) is 4. The molecule has 2 saturated heterocycles. The second-order valence-electron chi connectivity index (χ2n) is 7.35. The lowest BCUT2D eigenvalue weighted by atomic mass is 9.80. The number of ether oxygens (including phenoxy) is 1. The van der Waals surface area contributed by atoms with Crippen molar-refractivity contribution < 1.29 is 19.4 Å². The fourth-order valence-corrected chi connectivity index (χ4v) is 5.51. The van der Waals surface area contributed by atoms with E-state index in [1.165, 1.54) is 0 Å². The number of nitrogens with zero attached hydrogens (tertiary/aromatic N) is 2. The van der Waals surface area contributed by atoms with Crippen molar-refractivity contribution >= 4 is 11.8 Å². The first-order valence-electron chi connectivity index (χ1n) is 9.00. The first kappa shape index (κ1) is 15.4. The molecule has 0 aromatic heterocycles. The molecule has 0 spiro atoms. The van der Waals surface area contributed by atoms with Crippen LogP contribution >= 0.6 is 0 Å². The zero-order valence-corrected chi connectivity index (χ0v) is 13.9. The molecule has 128 valence electrons. The van der Waals surface area contributed by atoms with Crippen molar-refractivity contribution in [1.82, 2.24) is 9.80 Å². The van der Waals surface area contributed by atoms with Gasteiger partial charge in [-0.15, -0.1) is 0 Å². The lowest BCUT2D eigenvalue weighted by Gasteiger charge is -2.30. The van der Waals surface area contributed by atoms with Crippen molar-refractivity contribution in [2.75, 3.05) is 19.6 Å². The van der Waals surface area contributed by atoms with Crippen LogP contribution in [-0.4, -0.2) is 64.8 Å². The summed E-state index contributed by atoms with van der Waals surface area (Å²) < 4.78 is 6.03. The maximum atomic E-state index is 12.7. The van der Waals surface area contributed by atoms with Crippen LogP contribution in [0.4, 0.5) is 0 Å². The molecule has 2 aliphatic carbocycles. The topological polar surface area (TPSA) is 70.1 Å². The van der Waals surface area contributed by atoms with Gasteiger partial charge in [0.25, 0.3) is 0 Å². The Bertz CT molecular complexity index is 521. The maximum Gasteiger partial charge on any atom is 0.228 e. The Labute approximate surface area is 136 Å². The van der Waals surface area contributed by atoms with Gasteiger partial charge in [0.1, 0.15) is 6.23 Å². The molecule has 4 aliphatic rings. The highest BCUT2D eigenvalue weighted by Crippen LogP contribution is 2.63. The summed E-state index contributed by atoms with van der Waals surface area (Å²) >= 11 is 0. The molecule has 0 aromatic carbocycles. The maximum absolute atomic E-state index is 12.7. The molecule has 2 amide bonds. The van der Waals surface area contributed by atoms with Crippen LogP contribution < -0.4 is 0 Å². The Morgan fingerprint density at radius 3 is 2.78 bits per heavy atom. The zero-order valence-electron chi connectivity index (χ0n) is 13.9. The summed E-state index contributed by atoms with van der Waals surface area (Å²) in [4.78, 5) is 28.5. The van der Waals surface area contributed by atoms with Gasteiger partial charge in [-0.2, -0.15) is 0 Å². The number of hydrogen-bond donors (Lipinski definition) is 1. The number of carbonyl (C=O) groups is 2. The van der Waals surface area contributed by atoms with Gasteiger partial charge in [0.2, 0.25) is 11.8 Å². The van der Waals surface area contributed by atoms with E-state index in [-0.39, 0.29) is 41.9 Å². The van der Waals surface area contributed by atoms with Gasteiger partial charge in [0.15, 0.2) is 0 Å². The van der Waals surface area contributed by atoms with E-state index in [0.29, 0.717) is 25.3 Å². The van der Waals surface area contributed by atoms with Gasteiger partial charge in [-0.1, -0.05) is 0 Å². The molecule has 4 rings (SSSR count). The number of carbonyl (C=O) groups excluding carboxylic acids is 2. The average molecular weight is 322 g/mol. The Hall–Kier alpha value is -1.14. The lowest BCUT2D eigenvalue weighted by molar-refractivity contribution is -0.151. The quantitative estimate of drug-likeness (QED) is 0.771. The molecule has 2 bridgehead atoms. The molecule has 2 heterocycles.